The lowest BCUT2D eigenvalue weighted by Gasteiger charge is -2.07. The summed E-state index contributed by atoms with van der Waals surface area (Å²) in [5, 5.41) is 7.37. The van der Waals surface area contributed by atoms with Gasteiger partial charge < -0.3 is 0 Å². The minimum atomic E-state index is -3.99. The molecule has 0 unspecified atom stereocenters. The third kappa shape index (κ3) is 2.55. The Balaban J connectivity index is 2.03. The van der Waals surface area contributed by atoms with Gasteiger partial charge in [0.1, 0.15) is 10.7 Å². The van der Waals surface area contributed by atoms with Crippen molar-refractivity contribution in [2.24, 2.45) is 0 Å². The zero-order valence-corrected chi connectivity index (χ0v) is 11.9. The fraction of sp³-hybridized carbons (Fsp3) is 0. The fourth-order valence-electron chi connectivity index (χ4n) is 1.78. The van der Waals surface area contributed by atoms with Crippen molar-refractivity contribution in [3.63, 3.8) is 0 Å². The molecule has 0 aliphatic carbocycles. The summed E-state index contributed by atoms with van der Waals surface area (Å²) in [5.74, 6) is -0.599. The first kappa shape index (κ1) is 13.8. The van der Waals surface area contributed by atoms with Gasteiger partial charge in [0.15, 0.2) is 5.65 Å². The fourth-order valence-corrected chi connectivity index (χ4v) is 3.30. The highest BCUT2D eigenvalue weighted by Gasteiger charge is 2.20. The highest BCUT2D eigenvalue weighted by atomic mass is 35.5. The van der Waals surface area contributed by atoms with Crippen LogP contribution in [0.2, 0.25) is 5.02 Å². The van der Waals surface area contributed by atoms with Crippen molar-refractivity contribution < 1.29 is 12.8 Å². The molecule has 6 nitrogen and oxygen atoms in total. The third-order valence-corrected chi connectivity index (χ3v) is 4.53. The molecule has 21 heavy (non-hydrogen) atoms. The zero-order valence-electron chi connectivity index (χ0n) is 10.4. The number of pyridine rings is 1. The van der Waals surface area contributed by atoms with Crippen LogP contribution >= 0.6 is 11.6 Å². The minimum absolute atomic E-state index is 0.0194. The molecule has 2 heterocycles. The predicted molar refractivity (Wildman–Crippen MR) is 75.2 cm³/mol. The van der Waals surface area contributed by atoms with Gasteiger partial charge in [-0.25, -0.2) is 17.5 Å². The summed E-state index contributed by atoms with van der Waals surface area (Å²) in [6.45, 7) is 0. The van der Waals surface area contributed by atoms with Gasteiger partial charge in [-0.3, -0.25) is 4.40 Å². The molecule has 0 bridgehead atoms. The monoisotopic (exact) mass is 326 g/mol. The molecule has 3 aromatic rings. The number of halogens is 2. The van der Waals surface area contributed by atoms with E-state index in [9.17, 15) is 12.8 Å². The van der Waals surface area contributed by atoms with Crippen LogP contribution in [0.15, 0.2) is 47.5 Å². The Morgan fingerprint density at radius 1 is 1.19 bits per heavy atom. The number of sulfonamides is 1. The van der Waals surface area contributed by atoms with E-state index in [1.807, 2.05) is 0 Å². The van der Waals surface area contributed by atoms with Crippen molar-refractivity contribution in [1.29, 1.82) is 0 Å². The van der Waals surface area contributed by atoms with E-state index in [0.29, 0.717) is 5.65 Å². The molecule has 0 saturated carbocycles. The Bertz CT molecular complexity index is 926. The second kappa shape index (κ2) is 4.97. The van der Waals surface area contributed by atoms with Crippen molar-refractivity contribution in [3.8, 4) is 0 Å². The van der Waals surface area contributed by atoms with Gasteiger partial charge in [-0.05, 0) is 30.3 Å². The number of nitrogens with zero attached hydrogens (tertiary/aromatic N) is 3. The lowest BCUT2D eigenvalue weighted by atomic mass is 10.3. The summed E-state index contributed by atoms with van der Waals surface area (Å²) in [4.78, 5) is -0.238. The maximum atomic E-state index is 13.0. The van der Waals surface area contributed by atoms with Gasteiger partial charge in [0, 0.05) is 6.20 Å². The van der Waals surface area contributed by atoms with Gasteiger partial charge in [0.2, 0.25) is 5.95 Å². The van der Waals surface area contributed by atoms with Crippen molar-refractivity contribution in [2.45, 2.75) is 4.90 Å². The van der Waals surface area contributed by atoms with Gasteiger partial charge >= 0.3 is 0 Å². The average molecular weight is 327 g/mol. The van der Waals surface area contributed by atoms with Gasteiger partial charge in [-0.1, -0.05) is 17.7 Å². The maximum Gasteiger partial charge on any atom is 0.265 e. The van der Waals surface area contributed by atoms with E-state index in [2.05, 4.69) is 14.9 Å². The van der Waals surface area contributed by atoms with Crippen LogP contribution in [-0.4, -0.2) is 23.0 Å². The van der Waals surface area contributed by atoms with Crippen LogP contribution in [0.4, 0.5) is 10.3 Å². The van der Waals surface area contributed by atoms with Crippen LogP contribution in [0.5, 0.6) is 0 Å². The molecule has 0 saturated heterocycles. The number of nitrogens with one attached hydrogen (secondary N) is 1. The van der Waals surface area contributed by atoms with Crippen molar-refractivity contribution in [3.05, 3.63) is 53.4 Å². The molecular formula is C12H8ClFN4O2S. The van der Waals surface area contributed by atoms with Crippen molar-refractivity contribution >= 4 is 33.2 Å². The van der Waals surface area contributed by atoms with Crippen molar-refractivity contribution in [1.82, 2.24) is 14.6 Å². The molecule has 3 rings (SSSR count). The van der Waals surface area contributed by atoms with Crippen LogP contribution in [0, 0.1) is 5.82 Å². The SMILES string of the molecule is O=S(=O)(Nc1nnc2ccccn12)c1ccc(F)cc1Cl. The lowest BCUT2D eigenvalue weighted by molar-refractivity contribution is 0.599. The molecule has 0 atom stereocenters. The molecule has 108 valence electrons. The summed E-state index contributed by atoms with van der Waals surface area (Å²) in [7, 11) is -3.99. The molecule has 0 radical (unpaired) electrons. The van der Waals surface area contributed by atoms with E-state index in [1.54, 1.807) is 24.4 Å². The average Bonchev–Trinajstić information content (AvgIpc) is 2.81. The lowest BCUT2D eigenvalue weighted by Crippen LogP contribution is -2.15. The second-order valence-corrected chi connectivity index (χ2v) is 6.19. The number of benzene rings is 1. The molecule has 0 spiro atoms. The van der Waals surface area contributed by atoms with Gasteiger partial charge in [-0.2, -0.15) is 0 Å². The number of anilines is 1. The smallest absolute Gasteiger partial charge is 0.265 e. The summed E-state index contributed by atoms with van der Waals surface area (Å²) >= 11 is 5.77. The number of hydrogen-bond donors (Lipinski definition) is 1. The first-order valence-corrected chi connectivity index (χ1v) is 7.61. The van der Waals surface area contributed by atoms with E-state index in [1.165, 1.54) is 4.40 Å². The van der Waals surface area contributed by atoms with Crippen molar-refractivity contribution in [2.75, 3.05) is 4.72 Å². The molecule has 1 N–H and O–H groups in total. The highest BCUT2D eigenvalue weighted by molar-refractivity contribution is 7.92. The number of hydrogen-bond acceptors (Lipinski definition) is 4. The minimum Gasteiger partial charge on any atom is -0.268 e. The Kier molecular flexibility index (Phi) is 3.26. The van der Waals surface area contributed by atoms with Crippen LogP contribution in [-0.2, 0) is 10.0 Å². The number of aromatic nitrogens is 3. The van der Waals surface area contributed by atoms with E-state index in [4.69, 9.17) is 11.6 Å². The molecule has 1 aromatic carbocycles. The second-order valence-electron chi connectivity index (χ2n) is 4.13. The maximum absolute atomic E-state index is 13.0. The summed E-state index contributed by atoms with van der Waals surface area (Å²) in [5.41, 5.74) is 0.486. The van der Waals surface area contributed by atoms with E-state index >= 15 is 0 Å². The predicted octanol–water partition coefficient (Wildman–Crippen LogP) is 2.32. The number of fused-ring (bicyclic) bond motifs is 1. The Labute approximate surface area is 124 Å². The van der Waals surface area contributed by atoms with Crippen LogP contribution in [0.1, 0.15) is 0 Å². The first-order chi connectivity index (χ1) is 9.97. The molecule has 0 aliphatic rings. The molecule has 2 aromatic heterocycles. The topological polar surface area (TPSA) is 76.4 Å². The third-order valence-electron chi connectivity index (χ3n) is 2.72. The standard InChI is InChI=1S/C12H8ClFN4O2S/c13-9-7-8(14)4-5-10(9)21(19,20)17-12-16-15-11-3-1-2-6-18(11)12/h1-7H,(H,16,17). The number of rotatable bonds is 3. The summed E-state index contributed by atoms with van der Waals surface area (Å²) < 4.78 is 41.3. The van der Waals surface area contributed by atoms with E-state index < -0.39 is 15.8 Å². The van der Waals surface area contributed by atoms with E-state index in [0.717, 1.165) is 18.2 Å². The van der Waals surface area contributed by atoms with E-state index in [-0.39, 0.29) is 15.9 Å². The van der Waals surface area contributed by atoms with Crippen LogP contribution < -0.4 is 4.72 Å². The van der Waals surface area contributed by atoms with Crippen LogP contribution in [0.3, 0.4) is 0 Å². The summed E-state index contributed by atoms with van der Waals surface area (Å²) in [6.07, 6.45) is 1.61. The normalized spacial score (nSPS) is 11.7. The molecule has 0 amide bonds. The van der Waals surface area contributed by atoms with Gasteiger partial charge in [-0.15, -0.1) is 10.2 Å². The first-order valence-electron chi connectivity index (χ1n) is 5.75. The molecule has 0 aliphatic heterocycles. The Hall–Kier alpha value is -2.19. The summed E-state index contributed by atoms with van der Waals surface area (Å²) in [6, 6.07) is 8.16. The Morgan fingerprint density at radius 3 is 2.76 bits per heavy atom. The molecule has 0 fully saturated rings. The zero-order chi connectivity index (χ0) is 15.0. The van der Waals surface area contributed by atoms with Gasteiger partial charge in [0.25, 0.3) is 10.0 Å². The molecular weight excluding hydrogens is 319 g/mol. The highest BCUT2D eigenvalue weighted by Crippen LogP contribution is 2.24. The largest absolute Gasteiger partial charge is 0.268 e. The quantitative estimate of drug-likeness (QED) is 0.801. The van der Waals surface area contributed by atoms with Gasteiger partial charge in [0.05, 0.1) is 5.02 Å². The Morgan fingerprint density at radius 2 is 2.00 bits per heavy atom. The molecule has 9 heteroatoms. The van der Waals surface area contributed by atoms with Crippen LogP contribution in [0.25, 0.3) is 5.65 Å².